The van der Waals surface area contributed by atoms with Crippen molar-refractivity contribution >= 4 is 34.3 Å². The van der Waals surface area contributed by atoms with Gasteiger partial charge in [-0.3, -0.25) is 4.90 Å². The second kappa shape index (κ2) is 9.37. The zero-order valence-electron chi connectivity index (χ0n) is 18.1. The van der Waals surface area contributed by atoms with Crippen LogP contribution in [0.1, 0.15) is 31.9 Å². The van der Waals surface area contributed by atoms with Crippen molar-refractivity contribution in [2.45, 2.75) is 32.8 Å². The summed E-state index contributed by atoms with van der Waals surface area (Å²) >= 11 is 5.99. The summed E-state index contributed by atoms with van der Waals surface area (Å²) < 4.78 is 25.7. The van der Waals surface area contributed by atoms with E-state index in [1.54, 1.807) is 32.9 Å². The van der Waals surface area contributed by atoms with Crippen molar-refractivity contribution in [2.24, 2.45) is 0 Å². The van der Waals surface area contributed by atoms with Crippen molar-refractivity contribution in [3.63, 3.8) is 0 Å². The van der Waals surface area contributed by atoms with Gasteiger partial charge in [0, 0.05) is 23.4 Å². The summed E-state index contributed by atoms with van der Waals surface area (Å²) in [6, 6.07) is 9.62. The van der Waals surface area contributed by atoms with Gasteiger partial charge in [0.1, 0.15) is 34.5 Å². The van der Waals surface area contributed by atoms with Crippen LogP contribution in [0.5, 0.6) is 5.75 Å². The molecular weight excluding hydrogens is 435 g/mol. The number of amides is 1. The minimum atomic E-state index is -0.747. The molecule has 0 bridgehead atoms. The Morgan fingerprint density at radius 2 is 2.00 bits per heavy atom. The van der Waals surface area contributed by atoms with Gasteiger partial charge in [0.15, 0.2) is 0 Å². The Labute approximate surface area is 190 Å². The number of nitriles is 1. The lowest BCUT2D eigenvalue weighted by molar-refractivity contribution is 0.0579. The molecule has 7 nitrogen and oxygen atoms in total. The highest BCUT2D eigenvalue weighted by Crippen LogP contribution is 2.33. The van der Waals surface area contributed by atoms with Crippen LogP contribution in [0.3, 0.4) is 0 Å². The Hall–Kier alpha value is -3.44. The number of hydrogen-bond acceptors (Lipinski definition) is 6. The molecule has 1 heterocycles. The maximum absolute atomic E-state index is 14.9. The summed E-state index contributed by atoms with van der Waals surface area (Å²) in [5, 5.41) is 10.6. The fraction of sp³-hybridized carbons (Fsp3) is 0.304. The van der Waals surface area contributed by atoms with E-state index in [9.17, 15) is 14.4 Å². The van der Waals surface area contributed by atoms with Crippen LogP contribution in [0.2, 0.25) is 5.15 Å². The largest absolute Gasteiger partial charge is 0.496 e. The van der Waals surface area contributed by atoms with Crippen molar-refractivity contribution in [2.75, 3.05) is 18.6 Å². The second-order valence-corrected chi connectivity index (χ2v) is 8.34. The molecule has 3 aromatic rings. The lowest BCUT2D eigenvalue weighted by atomic mass is 9.96. The molecule has 0 N–H and O–H groups in total. The molecule has 1 amide bonds. The van der Waals surface area contributed by atoms with E-state index < -0.39 is 17.5 Å². The Balaban J connectivity index is 2.05. The van der Waals surface area contributed by atoms with Gasteiger partial charge in [-0.25, -0.2) is 19.2 Å². The molecule has 9 heteroatoms. The fourth-order valence-electron chi connectivity index (χ4n) is 3.30. The van der Waals surface area contributed by atoms with Crippen LogP contribution in [-0.4, -0.2) is 35.3 Å². The minimum absolute atomic E-state index is 0.0622. The van der Waals surface area contributed by atoms with Crippen LogP contribution in [0.15, 0.2) is 36.7 Å². The summed E-state index contributed by atoms with van der Waals surface area (Å²) in [4.78, 5) is 22.2. The van der Waals surface area contributed by atoms with Crippen LogP contribution >= 0.6 is 11.6 Å². The number of halogens is 2. The molecule has 0 aliphatic rings. The maximum atomic E-state index is 14.9. The van der Waals surface area contributed by atoms with Crippen LogP contribution in [0.25, 0.3) is 10.8 Å². The summed E-state index contributed by atoms with van der Waals surface area (Å²) in [6.45, 7) is 5.30. The predicted molar refractivity (Wildman–Crippen MR) is 119 cm³/mol. The number of carbonyl (C=O) groups is 1. The van der Waals surface area contributed by atoms with E-state index in [1.807, 2.05) is 0 Å². The normalized spacial score (nSPS) is 11.2. The third-order valence-electron chi connectivity index (χ3n) is 4.63. The molecule has 0 radical (unpaired) electrons. The van der Waals surface area contributed by atoms with E-state index in [0.29, 0.717) is 22.3 Å². The average Bonchev–Trinajstić information content (AvgIpc) is 2.73. The summed E-state index contributed by atoms with van der Waals surface area (Å²) in [7, 11) is 1.49. The van der Waals surface area contributed by atoms with Crippen LogP contribution in [0, 0.1) is 17.1 Å². The molecular formula is C23H22ClFN4O3. The first kappa shape index (κ1) is 23.2. The number of carbonyl (C=O) groups excluding carboxylic acids is 1. The van der Waals surface area contributed by atoms with Gasteiger partial charge in [-0.15, -0.1) is 0 Å². The smallest absolute Gasteiger partial charge is 0.416 e. The number of fused-ring (bicyclic) bond motifs is 1. The number of benzene rings is 2. The van der Waals surface area contributed by atoms with Gasteiger partial charge in [0.25, 0.3) is 0 Å². The van der Waals surface area contributed by atoms with E-state index in [4.69, 9.17) is 21.1 Å². The number of methoxy groups -OCH3 is 1. The average molecular weight is 457 g/mol. The Morgan fingerprint density at radius 3 is 2.62 bits per heavy atom. The number of hydrogen-bond donors (Lipinski definition) is 0. The highest BCUT2D eigenvalue weighted by Gasteiger charge is 2.25. The fourth-order valence-corrected chi connectivity index (χ4v) is 3.44. The number of rotatable bonds is 5. The molecule has 3 rings (SSSR count). The maximum Gasteiger partial charge on any atom is 0.416 e. The molecule has 0 saturated heterocycles. The van der Waals surface area contributed by atoms with Crippen molar-refractivity contribution < 1.29 is 18.7 Å². The molecule has 1 aromatic heterocycles. The van der Waals surface area contributed by atoms with Gasteiger partial charge in [0.2, 0.25) is 0 Å². The van der Waals surface area contributed by atoms with Gasteiger partial charge in [-0.05, 0) is 57.0 Å². The SMILES string of the molecule is COc1ccc(F)c2c(CCN(C(=O)OC(C)(C)C)c3cc(Cl)ncn3)c(C#N)ccc12. The van der Waals surface area contributed by atoms with Crippen LogP contribution in [-0.2, 0) is 11.2 Å². The first-order chi connectivity index (χ1) is 15.1. The quantitative estimate of drug-likeness (QED) is 0.485. The van der Waals surface area contributed by atoms with E-state index >= 15 is 0 Å². The van der Waals surface area contributed by atoms with Gasteiger partial charge in [-0.2, -0.15) is 5.26 Å². The molecule has 0 fully saturated rings. The molecule has 0 spiro atoms. The lowest BCUT2D eigenvalue weighted by Crippen LogP contribution is -2.38. The molecule has 0 saturated carbocycles. The summed E-state index contributed by atoms with van der Waals surface area (Å²) in [5.74, 6) is 0.233. The topological polar surface area (TPSA) is 88.3 Å². The minimum Gasteiger partial charge on any atom is -0.496 e. The highest BCUT2D eigenvalue weighted by atomic mass is 35.5. The van der Waals surface area contributed by atoms with Crippen molar-refractivity contribution in [3.05, 3.63) is 58.8 Å². The molecule has 2 aromatic carbocycles. The molecule has 166 valence electrons. The molecule has 0 unspecified atom stereocenters. The van der Waals surface area contributed by atoms with Crippen molar-refractivity contribution in [1.82, 2.24) is 9.97 Å². The van der Waals surface area contributed by atoms with Gasteiger partial charge >= 0.3 is 6.09 Å². The van der Waals surface area contributed by atoms with E-state index in [2.05, 4.69) is 16.0 Å². The van der Waals surface area contributed by atoms with Crippen molar-refractivity contribution in [1.29, 1.82) is 5.26 Å². The van der Waals surface area contributed by atoms with E-state index in [-0.39, 0.29) is 29.3 Å². The van der Waals surface area contributed by atoms with Gasteiger partial charge < -0.3 is 9.47 Å². The molecule has 0 aliphatic heterocycles. The monoisotopic (exact) mass is 456 g/mol. The first-order valence-corrected chi connectivity index (χ1v) is 10.2. The third kappa shape index (κ3) is 5.06. The molecule has 0 atom stereocenters. The van der Waals surface area contributed by atoms with Crippen molar-refractivity contribution in [3.8, 4) is 11.8 Å². The molecule has 0 aliphatic carbocycles. The Bertz CT molecular complexity index is 1200. The van der Waals surface area contributed by atoms with Gasteiger partial charge in [-0.1, -0.05) is 11.6 Å². The zero-order chi connectivity index (χ0) is 23.5. The van der Waals surface area contributed by atoms with Crippen LogP contribution in [0.4, 0.5) is 15.0 Å². The summed E-state index contributed by atoms with van der Waals surface area (Å²) in [6.07, 6.45) is 0.743. The second-order valence-electron chi connectivity index (χ2n) is 7.96. The number of ether oxygens (including phenoxy) is 2. The lowest BCUT2D eigenvalue weighted by Gasteiger charge is -2.27. The summed E-state index contributed by atoms with van der Waals surface area (Å²) in [5.41, 5.74) is 0.00715. The van der Waals surface area contributed by atoms with E-state index in [1.165, 1.54) is 36.5 Å². The zero-order valence-corrected chi connectivity index (χ0v) is 18.9. The molecule has 32 heavy (non-hydrogen) atoms. The van der Waals surface area contributed by atoms with Crippen LogP contribution < -0.4 is 9.64 Å². The first-order valence-electron chi connectivity index (χ1n) is 9.81. The number of aromatic nitrogens is 2. The number of nitrogens with zero attached hydrogens (tertiary/aromatic N) is 4. The third-order valence-corrected chi connectivity index (χ3v) is 4.84. The number of anilines is 1. The standard InChI is InChI=1S/C23H22ClFN4O3/c1-23(2,3)32-22(30)29(20-11-19(24)27-13-28-20)10-9-15-14(12-26)5-6-16-18(31-4)8-7-17(25)21(15)16/h5-8,11,13H,9-10H2,1-4H3. The Kier molecular flexibility index (Phi) is 6.80. The Morgan fingerprint density at radius 1 is 1.25 bits per heavy atom. The van der Waals surface area contributed by atoms with E-state index in [0.717, 1.165) is 0 Å². The predicted octanol–water partition coefficient (Wildman–Crippen LogP) is 5.29. The van der Waals surface area contributed by atoms with Gasteiger partial charge in [0.05, 0.1) is 18.7 Å². The highest BCUT2D eigenvalue weighted by molar-refractivity contribution is 6.29.